The molecule has 4 heteroatoms. The molecule has 0 spiro atoms. The third-order valence-corrected chi connectivity index (χ3v) is 2.88. The van der Waals surface area contributed by atoms with E-state index in [1.54, 1.807) is 10.7 Å². The van der Waals surface area contributed by atoms with Crippen LogP contribution in [0.3, 0.4) is 0 Å². The predicted octanol–water partition coefficient (Wildman–Crippen LogP) is 1.54. The highest BCUT2D eigenvalue weighted by atomic mass is 16.1. The topological polar surface area (TPSA) is 63.8 Å². The summed E-state index contributed by atoms with van der Waals surface area (Å²) in [5.41, 5.74) is 8.39. The summed E-state index contributed by atoms with van der Waals surface area (Å²) in [4.78, 5) is 11.9. The van der Waals surface area contributed by atoms with Crippen molar-refractivity contribution >= 4 is 0 Å². The number of aromatic nitrogens is 2. The highest BCUT2D eigenvalue weighted by molar-refractivity contribution is 5.34. The van der Waals surface area contributed by atoms with Crippen LogP contribution in [0.15, 0.2) is 35.1 Å². The van der Waals surface area contributed by atoms with Crippen LogP contribution >= 0.6 is 0 Å². The lowest BCUT2D eigenvalue weighted by Gasteiger charge is -2.06. The normalized spacial score (nSPS) is 12.6. The number of aromatic amines is 1. The first-order valence-corrected chi connectivity index (χ1v) is 5.71. The van der Waals surface area contributed by atoms with Gasteiger partial charge in [-0.15, -0.1) is 0 Å². The van der Waals surface area contributed by atoms with Gasteiger partial charge >= 0.3 is 0 Å². The van der Waals surface area contributed by atoms with Crippen molar-refractivity contribution in [3.05, 3.63) is 51.9 Å². The fourth-order valence-electron chi connectivity index (χ4n) is 1.75. The molecule has 4 nitrogen and oxygen atoms in total. The number of H-pyrrole nitrogens is 1. The van der Waals surface area contributed by atoms with Gasteiger partial charge in [0.25, 0.3) is 5.56 Å². The van der Waals surface area contributed by atoms with Crippen molar-refractivity contribution in [2.45, 2.75) is 19.8 Å². The minimum Gasteiger partial charge on any atom is -0.330 e. The van der Waals surface area contributed by atoms with Crippen molar-refractivity contribution in [3.8, 4) is 5.69 Å². The third-order valence-electron chi connectivity index (χ3n) is 2.88. The van der Waals surface area contributed by atoms with E-state index in [1.165, 1.54) is 0 Å². The molecule has 0 fully saturated rings. The average molecular weight is 231 g/mol. The zero-order valence-corrected chi connectivity index (χ0v) is 10.1. The maximum absolute atomic E-state index is 11.9. The summed E-state index contributed by atoms with van der Waals surface area (Å²) in [6.07, 6.45) is 0. The van der Waals surface area contributed by atoms with Crippen LogP contribution in [0.4, 0.5) is 0 Å². The molecule has 0 aliphatic heterocycles. The Morgan fingerprint density at radius 1 is 1.41 bits per heavy atom. The Balaban J connectivity index is 2.46. The molecule has 0 bridgehead atoms. The van der Waals surface area contributed by atoms with Crippen LogP contribution in [0.25, 0.3) is 5.69 Å². The Labute approximate surface area is 100 Å². The van der Waals surface area contributed by atoms with Crippen LogP contribution in [0.5, 0.6) is 0 Å². The molecular formula is C13H17N3O. The second kappa shape index (κ2) is 4.59. The maximum Gasteiger partial charge on any atom is 0.271 e. The van der Waals surface area contributed by atoms with Gasteiger partial charge in [0, 0.05) is 24.2 Å². The van der Waals surface area contributed by atoms with E-state index in [9.17, 15) is 4.79 Å². The Morgan fingerprint density at radius 3 is 2.82 bits per heavy atom. The molecule has 0 radical (unpaired) electrons. The van der Waals surface area contributed by atoms with Gasteiger partial charge in [-0.05, 0) is 24.6 Å². The molecule has 1 atom stereocenters. The van der Waals surface area contributed by atoms with E-state index in [0.29, 0.717) is 6.54 Å². The summed E-state index contributed by atoms with van der Waals surface area (Å²) < 4.78 is 1.55. The summed E-state index contributed by atoms with van der Waals surface area (Å²) in [7, 11) is 0. The number of nitrogens with one attached hydrogen (secondary N) is 1. The summed E-state index contributed by atoms with van der Waals surface area (Å²) in [5, 5.41) is 3.10. The molecule has 1 aromatic heterocycles. The van der Waals surface area contributed by atoms with Crippen molar-refractivity contribution < 1.29 is 0 Å². The van der Waals surface area contributed by atoms with Crippen LogP contribution in [0, 0.1) is 6.92 Å². The van der Waals surface area contributed by atoms with E-state index in [4.69, 9.17) is 5.73 Å². The van der Waals surface area contributed by atoms with Gasteiger partial charge in [0.15, 0.2) is 0 Å². The van der Waals surface area contributed by atoms with Crippen LogP contribution in [0.1, 0.15) is 24.1 Å². The van der Waals surface area contributed by atoms with E-state index in [-0.39, 0.29) is 11.5 Å². The van der Waals surface area contributed by atoms with Gasteiger partial charge in [-0.25, -0.2) is 4.68 Å². The molecule has 3 N–H and O–H groups in total. The van der Waals surface area contributed by atoms with E-state index in [1.807, 2.05) is 38.1 Å². The third kappa shape index (κ3) is 2.31. The fraction of sp³-hybridized carbons (Fsp3) is 0.308. The maximum atomic E-state index is 11.9. The van der Waals surface area contributed by atoms with E-state index in [2.05, 4.69) is 5.10 Å². The fourth-order valence-corrected chi connectivity index (χ4v) is 1.75. The highest BCUT2D eigenvalue weighted by Gasteiger charge is 2.09. The van der Waals surface area contributed by atoms with Crippen LogP contribution in [-0.4, -0.2) is 16.3 Å². The predicted molar refractivity (Wildman–Crippen MR) is 68.6 cm³/mol. The van der Waals surface area contributed by atoms with E-state index in [0.717, 1.165) is 16.9 Å². The Kier molecular flexibility index (Phi) is 3.15. The summed E-state index contributed by atoms with van der Waals surface area (Å²) in [5.74, 6) is 0.161. The van der Waals surface area contributed by atoms with Gasteiger partial charge in [0.1, 0.15) is 0 Å². The van der Waals surface area contributed by atoms with Gasteiger partial charge in [0.05, 0.1) is 5.69 Å². The zero-order chi connectivity index (χ0) is 12.4. The van der Waals surface area contributed by atoms with Crippen molar-refractivity contribution in [3.63, 3.8) is 0 Å². The second-order valence-electron chi connectivity index (χ2n) is 4.36. The van der Waals surface area contributed by atoms with Gasteiger partial charge in [-0.3, -0.25) is 9.89 Å². The van der Waals surface area contributed by atoms with Gasteiger partial charge in [-0.1, -0.05) is 19.1 Å². The number of nitrogens with two attached hydrogens (primary N) is 1. The Bertz CT molecular complexity index is 568. The first kappa shape index (κ1) is 11.7. The molecule has 2 rings (SSSR count). The number of nitrogens with zero attached hydrogens (tertiary/aromatic N) is 1. The molecule has 0 saturated carbocycles. The van der Waals surface area contributed by atoms with Crippen molar-refractivity contribution in [2.75, 3.05) is 6.54 Å². The lowest BCUT2D eigenvalue weighted by Crippen LogP contribution is -2.13. The minimum atomic E-state index is -0.0501. The van der Waals surface area contributed by atoms with Crippen molar-refractivity contribution in [1.29, 1.82) is 0 Å². The second-order valence-corrected chi connectivity index (χ2v) is 4.36. The quantitative estimate of drug-likeness (QED) is 0.841. The molecule has 0 aliphatic rings. The minimum absolute atomic E-state index is 0.0501. The van der Waals surface area contributed by atoms with Crippen LogP contribution in [-0.2, 0) is 0 Å². The smallest absolute Gasteiger partial charge is 0.271 e. The van der Waals surface area contributed by atoms with Crippen molar-refractivity contribution in [1.82, 2.24) is 9.78 Å². The number of benzene rings is 1. The molecule has 1 heterocycles. The largest absolute Gasteiger partial charge is 0.330 e. The first-order chi connectivity index (χ1) is 8.11. The van der Waals surface area contributed by atoms with Gasteiger partial charge < -0.3 is 5.73 Å². The molecule has 17 heavy (non-hydrogen) atoms. The monoisotopic (exact) mass is 231 g/mol. The van der Waals surface area contributed by atoms with Gasteiger partial charge in [-0.2, -0.15) is 0 Å². The van der Waals surface area contributed by atoms with Crippen LogP contribution in [0.2, 0.25) is 0 Å². The van der Waals surface area contributed by atoms with Crippen LogP contribution < -0.4 is 11.3 Å². The SMILES string of the molecule is Cc1cccc(-n2[nH]c(C(C)CN)cc2=O)c1. The summed E-state index contributed by atoms with van der Waals surface area (Å²) >= 11 is 0. The number of hydrogen-bond acceptors (Lipinski definition) is 2. The molecule has 90 valence electrons. The molecule has 1 aromatic carbocycles. The molecule has 0 saturated heterocycles. The summed E-state index contributed by atoms with van der Waals surface area (Å²) in [6, 6.07) is 9.42. The highest BCUT2D eigenvalue weighted by Crippen LogP contribution is 2.11. The van der Waals surface area contributed by atoms with E-state index < -0.39 is 0 Å². The number of aryl methyl sites for hydroxylation is 1. The van der Waals surface area contributed by atoms with Crippen molar-refractivity contribution in [2.24, 2.45) is 5.73 Å². The number of rotatable bonds is 3. The van der Waals surface area contributed by atoms with Gasteiger partial charge in [0.2, 0.25) is 0 Å². The lowest BCUT2D eigenvalue weighted by atomic mass is 10.1. The van der Waals surface area contributed by atoms with E-state index >= 15 is 0 Å². The molecule has 1 unspecified atom stereocenters. The molecular weight excluding hydrogens is 214 g/mol. The Hall–Kier alpha value is -1.81. The lowest BCUT2D eigenvalue weighted by molar-refractivity contribution is 0.715. The molecule has 2 aromatic rings. The number of hydrogen-bond donors (Lipinski definition) is 2. The standard InChI is InChI=1S/C13H17N3O/c1-9-4-3-5-11(6-9)16-13(17)7-12(15-16)10(2)8-14/h3-7,10,15H,8,14H2,1-2H3. The average Bonchev–Trinajstić information content (AvgIpc) is 2.70. The Morgan fingerprint density at radius 2 is 2.18 bits per heavy atom. The molecule has 0 aliphatic carbocycles. The first-order valence-electron chi connectivity index (χ1n) is 5.71. The molecule has 0 amide bonds. The summed E-state index contributed by atoms with van der Waals surface area (Å²) in [6.45, 7) is 4.51. The zero-order valence-electron chi connectivity index (χ0n) is 10.1.